The van der Waals surface area contributed by atoms with E-state index in [1.165, 1.54) is 0 Å². The second-order valence-corrected chi connectivity index (χ2v) is 9.98. The molecule has 7 N–H and O–H groups in total. The van der Waals surface area contributed by atoms with Crippen LogP contribution in [-0.4, -0.2) is 75.6 Å². The van der Waals surface area contributed by atoms with E-state index in [2.05, 4.69) is 26.3 Å². The number of carboxylic acids is 2. The maximum atomic E-state index is 13.5. The molecule has 39 heavy (non-hydrogen) atoms. The first kappa shape index (κ1) is 29.6. The van der Waals surface area contributed by atoms with Gasteiger partial charge < -0.3 is 36.5 Å². The van der Waals surface area contributed by atoms with Crippen LogP contribution in [0.15, 0.2) is 30.5 Å². The van der Waals surface area contributed by atoms with E-state index in [1.807, 2.05) is 24.3 Å². The maximum Gasteiger partial charge on any atom is 0.326 e. The summed E-state index contributed by atoms with van der Waals surface area (Å²) in [5, 5.41) is 30.5. The van der Waals surface area contributed by atoms with Crippen LogP contribution in [0.1, 0.15) is 51.5 Å². The van der Waals surface area contributed by atoms with Gasteiger partial charge in [-0.2, -0.15) is 0 Å². The third-order valence-electron chi connectivity index (χ3n) is 7.17. The number of benzene rings is 1. The van der Waals surface area contributed by atoms with Crippen molar-refractivity contribution in [2.24, 2.45) is 5.92 Å². The number of hydrogen-bond acceptors (Lipinski definition) is 6. The average Bonchev–Trinajstić information content (AvgIpc) is 3.59. The molecule has 3 amide bonds. The van der Waals surface area contributed by atoms with Crippen molar-refractivity contribution in [2.75, 3.05) is 6.54 Å². The topological polar surface area (TPSA) is 190 Å². The summed E-state index contributed by atoms with van der Waals surface area (Å²) in [4.78, 5) is 65.7. The highest BCUT2D eigenvalue weighted by Crippen LogP contribution is 2.20. The van der Waals surface area contributed by atoms with Crippen LogP contribution in [0.5, 0.6) is 0 Å². The van der Waals surface area contributed by atoms with Gasteiger partial charge in [-0.1, -0.05) is 38.5 Å². The Labute approximate surface area is 226 Å². The van der Waals surface area contributed by atoms with Crippen LogP contribution in [0, 0.1) is 5.92 Å². The normalized spacial score (nSPS) is 18.1. The van der Waals surface area contributed by atoms with E-state index < -0.39 is 60.3 Å². The zero-order chi connectivity index (χ0) is 28.5. The van der Waals surface area contributed by atoms with Gasteiger partial charge in [-0.25, -0.2) is 4.79 Å². The Balaban J connectivity index is 1.83. The highest BCUT2D eigenvalue weighted by Gasteiger charge is 2.33. The molecule has 0 aliphatic carbocycles. The number of carbonyl (C=O) groups is 5. The summed E-state index contributed by atoms with van der Waals surface area (Å²) in [5.74, 6) is -4.61. The van der Waals surface area contributed by atoms with E-state index in [-0.39, 0.29) is 18.7 Å². The summed E-state index contributed by atoms with van der Waals surface area (Å²) < 4.78 is 0. The molecule has 12 heteroatoms. The molecule has 5 atom stereocenters. The Hall–Kier alpha value is -3.93. The molecule has 1 aliphatic rings. The molecule has 12 nitrogen and oxygen atoms in total. The first-order valence-corrected chi connectivity index (χ1v) is 13.2. The largest absolute Gasteiger partial charge is 0.481 e. The molecule has 1 aromatic carbocycles. The number of aliphatic carboxylic acids is 2. The summed E-state index contributed by atoms with van der Waals surface area (Å²) in [5.41, 5.74) is 1.64. The first-order valence-electron chi connectivity index (χ1n) is 13.2. The number of aromatic amines is 1. The van der Waals surface area contributed by atoms with Gasteiger partial charge in [-0.3, -0.25) is 19.2 Å². The van der Waals surface area contributed by atoms with E-state index in [1.54, 1.807) is 20.0 Å². The zero-order valence-electron chi connectivity index (χ0n) is 22.2. The highest BCUT2D eigenvalue weighted by molar-refractivity contribution is 5.95. The molecule has 5 unspecified atom stereocenters. The smallest absolute Gasteiger partial charge is 0.326 e. The number of aromatic nitrogens is 1. The fourth-order valence-electron chi connectivity index (χ4n) is 4.66. The number of amides is 3. The van der Waals surface area contributed by atoms with Crippen molar-refractivity contribution < 1.29 is 34.2 Å². The van der Waals surface area contributed by atoms with Gasteiger partial charge in [0, 0.05) is 29.9 Å². The first-order chi connectivity index (χ1) is 18.6. The van der Waals surface area contributed by atoms with Crippen LogP contribution in [-0.2, 0) is 30.4 Å². The van der Waals surface area contributed by atoms with Gasteiger partial charge >= 0.3 is 11.9 Å². The molecule has 0 bridgehead atoms. The van der Waals surface area contributed by atoms with Crippen LogP contribution < -0.4 is 21.3 Å². The van der Waals surface area contributed by atoms with Gasteiger partial charge in [-0.15, -0.1) is 0 Å². The summed E-state index contributed by atoms with van der Waals surface area (Å²) in [6.45, 7) is 4.15. The number of para-hydroxylation sites is 1. The number of hydrogen-bond donors (Lipinski definition) is 7. The molecule has 0 saturated carbocycles. The molecular weight excluding hydrogens is 506 g/mol. The highest BCUT2D eigenvalue weighted by atomic mass is 16.4. The number of fused-ring (bicyclic) bond motifs is 1. The lowest BCUT2D eigenvalue weighted by atomic mass is 9.98. The standard InChI is InChI=1S/C27H37N5O7/c1-3-15(2)23(27(38)39)32-25(36)20(10-11-22(33)34)30-26(37)21(31-24(35)19-9-6-12-28-19)13-16-14-29-18-8-5-4-7-17(16)18/h4-5,7-8,14-15,19-21,23,28-29H,3,6,9-13H2,1-2H3,(H,30,37)(H,31,35)(H,32,36)(H,33,34)(H,38,39). The lowest BCUT2D eigenvalue weighted by molar-refractivity contribution is -0.144. The number of rotatable bonds is 14. The van der Waals surface area contributed by atoms with Crippen molar-refractivity contribution in [3.05, 3.63) is 36.0 Å². The summed E-state index contributed by atoms with van der Waals surface area (Å²) in [6.07, 6.45) is 3.13. The molecule has 1 aliphatic heterocycles. The molecule has 2 heterocycles. The van der Waals surface area contributed by atoms with Crippen molar-refractivity contribution in [3.63, 3.8) is 0 Å². The van der Waals surface area contributed by atoms with Crippen LogP contribution in [0.2, 0.25) is 0 Å². The Kier molecular flexibility index (Phi) is 10.4. The Morgan fingerprint density at radius 1 is 1.03 bits per heavy atom. The second-order valence-electron chi connectivity index (χ2n) is 9.98. The van der Waals surface area contributed by atoms with Crippen molar-refractivity contribution in [3.8, 4) is 0 Å². The Morgan fingerprint density at radius 3 is 2.38 bits per heavy atom. The zero-order valence-corrected chi connectivity index (χ0v) is 22.2. The molecule has 2 aromatic rings. The van der Waals surface area contributed by atoms with Gasteiger partial charge in [0.05, 0.1) is 6.04 Å². The molecule has 3 rings (SSSR count). The lowest BCUT2D eigenvalue weighted by Crippen LogP contribution is -2.58. The van der Waals surface area contributed by atoms with Crippen LogP contribution >= 0.6 is 0 Å². The Bertz CT molecular complexity index is 1190. The molecule has 0 radical (unpaired) electrons. The van der Waals surface area contributed by atoms with Gasteiger partial charge in [0.25, 0.3) is 0 Å². The molecular formula is C27H37N5O7. The SMILES string of the molecule is CCC(C)C(NC(=O)C(CCC(=O)O)NC(=O)C(Cc1c[nH]c2ccccc12)NC(=O)C1CCCN1)C(=O)O. The van der Waals surface area contributed by atoms with E-state index in [4.69, 9.17) is 0 Å². The fraction of sp³-hybridized carbons (Fsp3) is 0.519. The molecule has 1 saturated heterocycles. The maximum absolute atomic E-state index is 13.5. The van der Waals surface area contributed by atoms with Crippen molar-refractivity contribution in [1.29, 1.82) is 0 Å². The molecule has 1 aromatic heterocycles. The van der Waals surface area contributed by atoms with Crippen LogP contribution in [0.25, 0.3) is 10.9 Å². The third-order valence-corrected chi connectivity index (χ3v) is 7.17. The van der Waals surface area contributed by atoms with Crippen LogP contribution in [0.4, 0.5) is 0 Å². The lowest BCUT2D eigenvalue weighted by Gasteiger charge is -2.26. The number of nitrogens with one attached hydrogen (secondary N) is 5. The van der Waals surface area contributed by atoms with Crippen molar-refractivity contribution in [2.45, 2.75) is 76.5 Å². The second kappa shape index (κ2) is 13.7. The monoisotopic (exact) mass is 543 g/mol. The summed E-state index contributed by atoms with van der Waals surface area (Å²) in [6, 6.07) is 3.48. The molecule has 212 valence electrons. The molecule has 0 spiro atoms. The van der Waals surface area contributed by atoms with E-state index in [0.29, 0.717) is 19.4 Å². The predicted molar refractivity (Wildman–Crippen MR) is 143 cm³/mol. The number of carbonyl (C=O) groups excluding carboxylic acids is 3. The number of carboxylic acid groups (broad SMARTS) is 2. The minimum Gasteiger partial charge on any atom is -0.481 e. The third kappa shape index (κ3) is 8.03. The van der Waals surface area contributed by atoms with Gasteiger partial charge in [0.15, 0.2) is 0 Å². The van der Waals surface area contributed by atoms with Crippen molar-refractivity contribution in [1.82, 2.24) is 26.3 Å². The number of H-pyrrole nitrogens is 1. The fourth-order valence-corrected chi connectivity index (χ4v) is 4.66. The van der Waals surface area contributed by atoms with Crippen LogP contribution in [0.3, 0.4) is 0 Å². The van der Waals surface area contributed by atoms with E-state index in [9.17, 15) is 34.2 Å². The predicted octanol–water partition coefficient (Wildman–Crippen LogP) is 0.912. The summed E-state index contributed by atoms with van der Waals surface area (Å²) >= 11 is 0. The quantitative estimate of drug-likeness (QED) is 0.183. The molecule has 1 fully saturated rings. The van der Waals surface area contributed by atoms with E-state index >= 15 is 0 Å². The minimum atomic E-state index is -1.31. The van der Waals surface area contributed by atoms with Crippen molar-refractivity contribution >= 4 is 40.6 Å². The van der Waals surface area contributed by atoms with Gasteiger partial charge in [0.1, 0.15) is 18.1 Å². The summed E-state index contributed by atoms with van der Waals surface area (Å²) in [7, 11) is 0. The van der Waals surface area contributed by atoms with E-state index in [0.717, 1.165) is 22.9 Å². The van der Waals surface area contributed by atoms with Gasteiger partial charge in [0.2, 0.25) is 17.7 Å². The minimum absolute atomic E-state index is 0.117. The Morgan fingerprint density at radius 2 is 1.74 bits per heavy atom. The van der Waals surface area contributed by atoms with Gasteiger partial charge in [-0.05, 0) is 43.4 Å². The average molecular weight is 544 g/mol.